The van der Waals surface area contributed by atoms with Crippen LogP contribution in [0.25, 0.3) is 6.08 Å². The quantitative estimate of drug-likeness (QED) is 0.135. The average molecular weight is 487 g/mol. The predicted molar refractivity (Wildman–Crippen MR) is 163 cm³/mol. The fourth-order valence-electron chi connectivity index (χ4n) is 2.47. The highest BCUT2D eigenvalue weighted by Gasteiger charge is 1.97. The third-order valence-electron chi connectivity index (χ3n) is 4.81. The molecule has 0 aliphatic carbocycles. The molecule has 194 valence electrons. The Kier molecular flexibility index (Phi) is 19.9. The minimum Gasteiger partial charge on any atom is -0.489 e. The second-order valence-electron chi connectivity index (χ2n) is 8.22. The zero-order valence-electron chi connectivity index (χ0n) is 23.3. The van der Waals surface area contributed by atoms with Gasteiger partial charge < -0.3 is 4.74 Å². The lowest BCUT2D eigenvalue weighted by Crippen LogP contribution is -1.95. The molecular formula is C33H46N2O. The van der Waals surface area contributed by atoms with Crippen molar-refractivity contribution < 1.29 is 4.74 Å². The number of hydrogen-bond acceptors (Lipinski definition) is 3. The molecule has 3 nitrogen and oxygen atoms in total. The summed E-state index contributed by atoms with van der Waals surface area (Å²) in [4.78, 5) is 8.60. The zero-order chi connectivity index (χ0) is 27.0. The Balaban J connectivity index is 0.000000729. The number of ether oxygens (including phenoxy) is 1. The highest BCUT2D eigenvalue weighted by molar-refractivity contribution is 5.82. The molecule has 0 aliphatic rings. The van der Waals surface area contributed by atoms with Gasteiger partial charge in [-0.3, -0.25) is 9.98 Å². The topological polar surface area (TPSA) is 34.0 Å². The van der Waals surface area contributed by atoms with Gasteiger partial charge in [-0.25, -0.2) is 0 Å². The van der Waals surface area contributed by atoms with Crippen LogP contribution in [-0.4, -0.2) is 25.0 Å². The van der Waals surface area contributed by atoms with Crippen LogP contribution >= 0.6 is 0 Å². The molecule has 0 saturated carbocycles. The van der Waals surface area contributed by atoms with E-state index in [4.69, 9.17) is 4.74 Å². The Bertz CT molecular complexity index is 942. The fourth-order valence-corrected chi connectivity index (χ4v) is 2.47. The Hall–Kier alpha value is -3.46. The van der Waals surface area contributed by atoms with Crippen LogP contribution in [0.3, 0.4) is 0 Å². The van der Waals surface area contributed by atoms with Crippen LogP contribution in [0.1, 0.15) is 71.1 Å². The summed E-state index contributed by atoms with van der Waals surface area (Å²) in [7, 11) is 0. The number of unbranched alkanes of at least 4 members (excludes halogenated alkanes) is 1. The molecule has 0 aliphatic heterocycles. The predicted octanol–water partition coefficient (Wildman–Crippen LogP) is 9.31. The van der Waals surface area contributed by atoms with Crippen LogP contribution < -0.4 is 4.74 Å². The van der Waals surface area contributed by atoms with Gasteiger partial charge in [-0.15, -0.1) is 0 Å². The Morgan fingerprint density at radius 3 is 2.00 bits per heavy atom. The molecule has 0 heterocycles. The van der Waals surface area contributed by atoms with Gasteiger partial charge in [0.05, 0.1) is 0 Å². The first-order valence-corrected chi connectivity index (χ1v) is 12.8. The van der Waals surface area contributed by atoms with Crippen molar-refractivity contribution in [3.05, 3.63) is 108 Å². The van der Waals surface area contributed by atoms with Crippen molar-refractivity contribution in [1.82, 2.24) is 0 Å². The van der Waals surface area contributed by atoms with E-state index in [0.717, 1.165) is 41.0 Å². The summed E-state index contributed by atoms with van der Waals surface area (Å²) in [5.74, 6) is 0.874. The number of nitrogens with zero attached hydrogens (tertiary/aromatic N) is 2. The maximum absolute atomic E-state index is 5.79. The number of benzene rings is 2. The highest BCUT2D eigenvalue weighted by Crippen LogP contribution is 2.14. The lowest BCUT2D eigenvalue weighted by molar-refractivity contribution is 0.306. The second kappa shape index (κ2) is 22.0. The molecule has 0 atom stereocenters. The smallest absolute Gasteiger partial charge is 0.119 e. The van der Waals surface area contributed by atoms with Crippen LogP contribution in [-0.2, 0) is 6.61 Å². The molecule has 0 bridgehead atoms. The van der Waals surface area contributed by atoms with E-state index in [2.05, 4.69) is 42.2 Å². The molecule has 2 aromatic carbocycles. The van der Waals surface area contributed by atoms with Crippen LogP contribution in [0.4, 0.5) is 0 Å². The molecule has 2 rings (SSSR count). The first kappa shape index (κ1) is 32.5. The summed E-state index contributed by atoms with van der Waals surface area (Å²) >= 11 is 0. The Morgan fingerprint density at radius 1 is 0.917 bits per heavy atom. The van der Waals surface area contributed by atoms with Gasteiger partial charge in [0.25, 0.3) is 0 Å². The van der Waals surface area contributed by atoms with E-state index in [1.165, 1.54) is 6.42 Å². The summed E-state index contributed by atoms with van der Waals surface area (Å²) in [6.07, 6.45) is 15.7. The normalized spacial score (nSPS) is 11.2. The Labute approximate surface area is 220 Å². The van der Waals surface area contributed by atoms with Crippen molar-refractivity contribution in [3.63, 3.8) is 0 Å². The summed E-state index contributed by atoms with van der Waals surface area (Å²) in [5.41, 5.74) is 4.46. The van der Waals surface area contributed by atoms with Crippen molar-refractivity contribution in [2.75, 3.05) is 6.54 Å². The number of aliphatic imine (C=N–C) groups is 2. The van der Waals surface area contributed by atoms with Gasteiger partial charge in [-0.1, -0.05) is 81.1 Å². The molecular weight excluding hydrogens is 440 g/mol. The monoisotopic (exact) mass is 486 g/mol. The van der Waals surface area contributed by atoms with E-state index in [0.29, 0.717) is 12.6 Å². The van der Waals surface area contributed by atoms with E-state index in [1.807, 2.05) is 108 Å². The summed E-state index contributed by atoms with van der Waals surface area (Å²) in [6.45, 7) is 21.1. The van der Waals surface area contributed by atoms with Gasteiger partial charge in [0.15, 0.2) is 0 Å². The van der Waals surface area contributed by atoms with E-state index in [-0.39, 0.29) is 0 Å². The lowest BCUT2D eigenvalue weighted by Gasteiger charge is -2.07. The first-order chi connectivity index (χ1) is 17.4. The van der Waals surface area contributed by atoms with Crippen LogP contribution in [0.15, 0.2) is 102 Å². The number of hydrogen-bond donors (Lipinski definition) is 0. The van der Waals surface area contributed by atoms with Crippen molar-refractivity contribution in [2.24, 2.45) is 9.98 Å². The van der Waals surface area contributed by atoms with Gasteiger partial charge >= 0.3 is 0 Å². The molecule has 0 N–H and O–H groups in total. The van der Waals surface area contributed by atoms with Crippen LogP contribution in [0.2, 0.25) is 0 Å². The SMILES string of the molecule is C/C=C\C.C=C/C(C=NC(C)C)=C\C.C=Cc1ccc(COc2ccc(C=NCCCC)cc2)cc1. The first-order valence-electron chi connectivity index (χ1n) is 12.8. The fraction of sp³-hybridized carbons (Fsp3) is 0.333. The highest BCUT2D eigenvalue weighted by atomic mass is 16.5. The zero-order valence-corrected chi connectivity index (χ0v) is 23.3. The van der Waals surface area contributed by atoms with E-state index in [1.54, 1.807) is 6.08 Å². The van der Waals surface area contributed by atoms with Gasteiger partial charge in [-0.2, -0.15) is 0 Å². The maximum atomic E-state index is 5.79. The minimum absolute atomic E-state index is 0.370. The van der Waals surface area contributed by atoms with Crippen molar-refractivity contribution in [1.29, 1.82) is 0 Å². The van der Waals surface area contributed by atoms with Crippen molar-refractivity contribution in [3.8, 4) is 5.75 Å². The second-order valence-corrected chi connectivity index (χ2v) is 8.22. The van der Waals surface area contributed by atoms with E-state index < -0.39 is 0 Å². The molecule has 0 fully saturated rings. The van der Waals surface area contributed by atoms with Crippen LogP contribution in [0.5, 0.6) is 5.75 Å². The molecule has 0 saturated heterocycles. The van der Waals surface area contributed by atoms with Crippen molar-refractivity contribution >= 4 is 18.5 Å². The van der Waals surface area contributed by atoms with Gasteiger partial charge in [0.1, 0.15) is 12.4 Å². The molecule has 0 radical (unpaired) electrons. The van der Waals surface area contributed by atoms with Gasteiger partial charge in [0, 0.05) is 25.0 Å². The third-order valence-corrected chi connectivity index (χ3v) is 4.81. The molecule has 3 heteroatoms. The summed E-state index contributed by atoms with van der Waals surface area (Å²) in [6, 6.07) is 16.6. The molecule has 0 amide bonds. The Morgan fingerprint density at radius 2 is 1.53 bits per heavy atom. The van der Waals surface area contributed by atoms with Crippen LogP contribution in [0, 0.1) is 0 Å². The average Bonchev–Trinajstić information content (AvgIpc) is 2.92. The van der Waals surface area contributed by atoms with E-state index in [9.17, 15) is 0 Å². The van der Waals surface area contributed by atoms with Gasteiger partial charge in [-0.05, 0) is 87.6 Å². The molecule has 0 aromatic heterocycles. The maximum Gasteiger partial charge on any atom is 0.119 e. The largest absolute Gasteiger partial charge is 0.489 e. The summed E-state index contributed by atoms with van der Waals surface area (Å²) in [5, 5.41) is 0. The standard InChI is InChI=1S/C20H23NO.C9H15N.C4H8/c1-3-5-14-21-15-18-10-12-20(13-11-18)22-16-19-8-6-17(4-2)7-9-19;1-5-9(6-2)7-10-8(3)4;1-3-4-2/h4,6-13,15H,2-3,5,14,16H2,1H3;5-8H,1H2,2-4H3;3-4H,1-2H3/b;9-6+,10-7?;4-3-. The molecule has 2 aromatic rings. The number of rotatable bonds is 11. The summed E-state index contributed by atoms with van der Waals surface area (Å²) < 4.78 is 5.79. The minimum atomic E-state index is 0.370. The third kappa shape index (κ3) is 17.0. The van der Waals surface area contributed by atoms with E-state index >= 15 is 0 Å². The van der Waals surface area contributed by atoms with Gasteiger partial charge in [0.2, 0.25) is 0 Å². The molecule has 0 unspecified atom stereocenters. The number of allylic oxidation sites excluding steroid dienone is 5. The van der Waals surface area contributed by atoms with Crippen molar-refractivity contribution in [2.45, 2.75) is 67.0 Å². The molecule has 0 spiro atoms. The molecule has 36 heavy (non-hydrogen) atoms. The lowest BCUT2D eigenvalue weighted by atomic mass is 10.1.